The standard InChI is InChI=1S/C25H31Cl2F2N3O4S/c1-4-12-30-25(34)23(5-2)31(16-17-8-9-18(26)14-20(17)27)24(33)7-6-13-32(37(3,35)36)19-10-11-21(28)22(29)15-19/h8-11,14-15,23H,4-7,12-13,16H2,1-3H3,(H,30,34)/t23-/m1/s1. The molecule has 0 heterocycles. The molecule has 12 heteroatoms. The van der Waals surface area contributed by atoms with Crippen LogP contribution in [0.2, 0.25) is 10.0 Å². The fourth-order valence-electron chi connectivity index (χ4n) is 3.76. The zero-order valence-electron chi connectivity index (χ0n) is 20.9. The normalized spacial score (nSPS) is 12.2. The van der Waals surface area contributed by atoms with Crippen LogP contribution in [0.1, 0.15) is 45.1 Å². The van der Waals surface area contributed by atoms with Crippen molar-refractivity contribution in [2.45, 2.75) is 52.1 Å². The van der Waals surface area contributed by atoms with Gasteiger partial charge in [0.15, 0.2) is 11.6 Å². The van der Waals surface area contributed by atoms with Crippen LogP contribution in [0.5, 0.6) is 0 Å². The number of halogens is 4. The highest BCUT2D eigenvalue weighted by Crippen LogP contribution is 2.25. The molecule has 0 unspecified atom stereocenters. The highest BCUT2D eigenvalue weighted by atomic mass is 35.5. The summed E-state index contributed by atoms with van der Waals surface area (Å²) in [5, 5.41) is 3.58. The van der Waals surface area contributed by atoms with Crippen molar-refractivity contribution < 1.29 is 26.8 Å². The second-order valence-corrected chi connectivity index (χ2v) is 11.3. The third-order valence-corrected chi connectivity index (χ3v) is 7.42. The summed E-state index contributed by atoms with van der Waals surface area (Å²) in [6.07, 6.45) is 1.98. The van der Waals surface area contributed by atoms with E-state index in [-0.39, 0.29) is 43.4 Å². The van der Waals surface area contributed by atoms with Crippen LogP contribution in [-0.2, 0) is 26.2 Å². The molecule has 204 valence electrons. The second kappa shape index (κ2) is 13.9. The van der Waals surface area contributed by atoms with Gasteiger partial charge in [0.25, 0.3) is 0 Å². The van der Waals surface area contributed by atoms with E-state index in [2.05, 4.69) is 5.32 Å². The van der Waals surface area contributed by atoms with Gasteiger partial charge in [0, 0.05) is 42.2 Å². The van der Waals surface area contributed by atoms with Gasteiger partial charge >= 0.3 is 0 Å². The number of hydrogen-bond donors (Lipinski definition) is 1. The van der Waals surface area contributed by atoms with Crippen molar-refractivity contribution in [1.82, 2.24) is 10.2 Å². The van der Waals surface area contributed by atoms with Crippen molar-refractivity contribution >= 4 is 50.7 Å². The Hall–Kier alpha value is -2.43. The maximum Gasteiger partial charge on any atom is 0.242 e. The highest BCUT2D eigenvalue weighted by molar-refractivity contribution is 7.92. The monoisotopic (exact) mass is 577 g/mol. The van der Waals surface area contributed by atoms with Crippen molar-refractivity contribution in [2.24, 2.45) is 0 Å². The van der Waals surface area contributed by atoms with Gasteiger partial charge in [0.2, 0.25) is 21.8 Å². The van der Waals surface area contributed by atoms with Crippen LogP contribution in [-0.4, -0.2) is 50.5 Å². The summed E-state index contributed by atoms with van der Waals surface area (Å²) in [4.78, 5) is 27.6. The van der Waals surface area contributed by atoms with E-state index < -0.39 is 27.7 Å². The summed E-state index contributed by atoms with van der Waals surface area (Å²) < 4.78 is 52.6. The number of nitrogens with zero attached hydrogens (tertiary/aromatic N) is 2. The van der Waals surface area contributed by atoms with E-state index in [0.29, 0.717) is 28.6 Å². The molecule has 0 aliphatic carbocycles. The molecule has 0 radical (unpaired) electrons. The van der Waals surface area contributed by atoms with Crippen LogP contribution in [0.15, 0.2) is 36.4 Å². The smallest absolute Gasteiger partial charge is 0.242 e. The van der Waals surface area contributed by atoms with E-state index in [4.69, 9.17) is 23.2 Å². The first-order valence-electron chi connectivity index (χ1n) is 11.8. The average Bonchev–Trinajstić information content (AvgIpc) is 2.82. The summed E-state index contributed by atoms with van der Waals surface area (Å²) in [5.41, 5.74) is 0.546. The summed E-state index contributed by atoms with van der Waals surface area (Å²) in [7, 11) is -3.84. The fourth-order valence-corrected chi connectivity index (χ4v) is 5.19. The van der Waals surface area contributed by atoms with E-state index >= 15 is 0 Å². The number of anilines is 1. The molecule has 0 saturated carbocycles. The fraction of sp³-hybridized carbons (Fsp3) is 0.440. The van der Waals surface area contributed by atoms with Gasteiger partial charge in [-0.2, -0.15) is 0 Å². The zero-order chi connectivity index (χ0) is 27.8. The van der Waals surface area contributed by atoms with Crippen LogP contribution < -0.4 is 9.62 Å². The second-order valence-electron chi connectivity index (χ2n) is 8.51. The molecule has 2 rings (SSSR count). The van der Waals surface area contributed by atoms with Crippen LogP contribution in [0.3, 0.4) is 0 Å². The Morgan fingerprint density at radius 3 is 2.32 bits per heavy atom. The number of benzene rings is 2. The number of sulfonamides is 1. The topological polar surface area (TPSA) is 86.8 Å². The molecule has 0 fully saturated rings. The lowest BCUT2D eigenvalue weighted by Crippen LogP contribution is -2.49. The van der Waals surface area contributed by atoms with E-state index in [0.717, 1.165) is 35.2 Å². The third-order valence-electron chi connectivity index (χ3n) is 5.63. The van der Waals surface area contributed by atoms with Gasteiger partial charge in [-0.05, 0) is 49.1 Å². The number of nitrogens with one attached hydrogen (secondary N) is 1. The molecular weight excluding hydrogens is 547 g/mol. The van der Waals surface area contributed by atoms with Crippen LogP contribution in [0, 0.1) is 11.6 Å². The zero-order valence-corrected chi connectivity index (χ0v) is 23.3. The lowest BCUT2D eigenvalue weighted by molar-refractivity contribution is -0.141. The Morgan fingerprint density at radius 2 is 1.76 bits per heavy atom. The maximum atomic E-state index is 13.7. The molecule has 2 aromatic rings. The minimum Gasteiger partial charge on any atom is -0.354 e. The van der Waals surface area contributed by atoms with E-state index in [1.54, 1.807) is 25.1 Å². The van der Waals surface area contributed by atoms with Gasteiger partial charge in [0.05, 0.1) is 11.9 Å². The Labute approximate surface area is 226 Å². The average molecular weight is 579 g/mol. The minimum atomic E-state index is -3.84. The third kappa shape index (κ3) is 8.83. The molecule has 2 aromatic carbocycles. The van der Waals surface area contributed by atoms with Gasteiger partial charge in [-0.25, -0.2) is 17.2 Å². The van der Waals surface area contributed by atoms with Gasteiger partial charge in [-0.1, -0.05) is 43.1 Å². The molecule has 0 saturated heterocycles. The van der Waals surface area contributed by atoms with Crippen LogP contribution >= 0.6 is 23.2 Å². The molecular formula is C25H31Cl2F2N3O4S. The first-order valence-corrected chi connectivity index (χ1v) is 14.4. The molecule has 37 heavy (non-hydrogen) atoms. The minimum absolute atomic E-state index is 0.0475. The van der Waals surface area contributed by atoms with Crippen molar-refractivity contribution in [2.75, 3.05) is 23.7 Å². The molecule has 2 amide bonds. The Bertz CT molecular complexity index is 1210. The van der Waals surface area contributed by atoms with Crippen LogP contribution in [0.25, 0.3) is 0 Å². The lowest BCUT2D eigenvalue weighted by atomic mass is 10.1. The summed E-state index contributed by atoms with van der Waals surface area (Å²) in [6.45, 7) is 4.05. The molecule has 1 N–H and O–H groups in total. The van der Waals surface area contributed by atoms with Crippen molar-refractivity contribution in [3.8, 4) is 0 Å². The van der Waals surface area contributed by atoms with Crippen molar-refractivity contribution in [3.63, 3.8) is 0 Å². The number of amides is 2. The predicted molar refractivity (Wildman–Crippen MR) is 142 cm³/mol. The van der Waals surface area contributed by atoms with Gasteiger partial charge in [-0.3, -0.25) is 13.9 Å². The van der Waals surface area contributed by atoms with E-state index in [1.807, 2.05) is 6.92 Å². The summed E-state index contributed by atoms with van der Waals surface area (Å²) in [6, 6.07) is 6.87. The molecule has 0 spiro atoms. The molecule has 7 nitrogen and oxygen atoms in total. The Morgan fingerprint density at radius 1 is 1.05 bits per heavy atom. The summed E-state index contributed by atoms with van der Waals surface area (Å²) in [5.74, 6) is -2.97. The van der Waals surface area contributed by atoms with Crippen molar-refractivity contribution in [3.05, 3.63) is 63.6 Å². The molecule has 0 bridgehead atoms. The number of hydrogen-bond acceptors (Lipinski definition) is 4. The Kier molecular flexibility index (Phi) is 11.6. The van der Waals surface area contributed by atoms with E-state index in [9.17, 15) is 26.8 Å². The Balaban J connectivity index is 2.25. The largest absolute Gasteiger partial charge is 0.354 e. The SMILES string of the molecule is CCCNC(=O)[C@@H](CC)N(Cc1ccc(Cl)cc1Cl)C(=O)CCCN(c1ccc(F)c(F)c1)S(C)(=O)=O. The highest BCUT2D eigenvalue weighted by Gasteiger charge is 2.29. The van der Waals surface area contributed by atoms with Gasteiger partial charge in [-0.15, -0.1) is 0 Å². The number of carbonyl (C=O) groups is 2. The molecule has 0 aliphatic rings. The number of rotatable bonds is 13. The first-order chi connectivity index (χ1) is 17.4. The lowest BCUT2D eigenvalue weighted by Gasteiger charge is -2.31. The number of carbonyl (C=O) groups excluding carboxylic acids is 2. The van der Waals surface area contributed by atoms with Crippen molar-refractivity contribution in [1.29, 1.82) is 0 Å². The molecule has 0 aliphatic heterocycles. The molecule has 0 aromatic heterocycles. The van der Waals surface area contributed by atoms with Gasteiger partial charge < -0.3 is 10.2 Å². The summed E-state index contributed by atoms with van der Waals surface area (Å²) >= 11 is 12.3. The quantitative estimate of drug-likeness (QED) is 0.356. The molecule has 1 atom stereocenters. The van der Waals surface area contributed by atoms with E-state index in [1.165, 1.54) is 4.90 Å². The van der Waals surface area contributed by atoms with Crippen LogP contribution in [0.4, 0.5) is 14.5 Å². The first kappa shape index (κ1) is 30.8. The predicted octanol–water partition coefficient (Wildman–Crippen LogP) is 5.15. The van der Waals surface area contributed by atoms with Gasteiger partial charge in [0.1, 0.15) is 6.04 Å². The maximum absolute atomic E-state index is 13.7.